The molecule has 1 amide bonds. The van der Waals surface area contributed by atoms with E-state index >= 15 is 0 Å². The largest absolute Gasteiger partial charge is 0.486 e. The maximum atomic E-state index is 12.4. The Morgan fingerprint density at radius 1 is 1.22 bits per heavy atom. The highest BCUT2D eigenvalue weighted by atomic mass is 16.6. The van der Waals surface area contributed by atoms with E-state index in [1.165, 1.54) is 0 Å². The van der Waals surface area contributed by atoms with Gasteiger partial charge in [0.1, 0.15) is 24.4 Å². The molecule has 1 aliphatic rings. The van der Waals surface area contributed by atoms with E-state index in [1.807, 2.05) is 48.3 Å². The van der Waals surface area contributed by atoms with Crippen LogP contribution in [0.1, 0.15) is 40.7 Å². The number of likely N-dealkylation sites (N-methyl/N-ethyl adjacent to an activating group) is 2. The third-order valence-electron chi connectivity index (χ3n) is 6.35. The molecule has 1 saturated heterocycles. The first-order valence-electron chi connectivity index (χ1n) is 12.4. The number of carbonyl (C=O) groups excluding carboxylic acids is 3. The maximum absolute atomic E-state index is 12.4. The molecule has 0 bridgehead atoms. The van der Waals surface area contributed by atoms with Gasteiger partial charge >= 0.3 is 0 Å². The van der Waals surface area contributed by atoms with Gasteiger partial charge in [0.05, 0.1) is 19.3 Å². The van der Waals surface area contributed by atoms with E-state index in [1.54, 1.807) is 19.3 Å². The lowest BCUT2D eigenvalue weighted by molar-refractivity contribution is -0.126. The highest BCUT2D eigenvalue weighted by Crippen LogP contribution is 2.22. The van der Waals surface area contributed by atoms with Gasteiger partial charge in [0.2, 0.25) is 5.91 Å². The van der Waals surface area contributed by atoms with Crippen LogP contribution in [0.15, 0.2) is 54.4 Å². The van der Waals surface area contributed by atoms with E-state index in [0.29, 0.717) is 50.3 Å². The molecule has 1 heterocycles. The molecule has 0 spiro atoms. The predicted molar refractivity (Wildman–Crippen MR) is 142 cm³/mol. The van der Waals surface area contributed by atoms with E-state index in [4.69, 9.17) is 15.2 Å². The molecule has 37 heavy (non-hydrogen) atoms. The first-order chi connectivity index (χ1) is 17.9. The van der Waals surface area contributed by atoms with Crippen molar-refractivity contribution < 1.29 is 23.9 Å². The van der Waals surface area contributed by atoms with Gasteiger partial charge in [-0.05, 0) is 61.7 Å². The van der Waals surface area contributed by atoms with Gasteiger partial charge in [-0.2, -0.15) is 0 Å². The number of hydrogen-bond donors (Lipinski definition) is 3. The average Bonchev–Trinajstić information content (AvgIpc) is 2.89. The lowest BCUT2D eigenvalue weighted by atomic mass is 9.96. The maximum Gasteiger partial charge on any atom is 0.237 e. The van der Waals surface area contributed by atoms with Gasteiger partial charge in [-0.3, -0.25) is 14.5 Å². The predicted octanol–water partition coefficient (Wildman–Crippen LogP) is 2.65. The Morgan fingerprint density at radius 2 is 1.97 bits per heavy atom. The highest BCUT2D eigenvalue weighted by molar-refractivity contribution is 5.82. The molecule has 9 heteroatoms. The second-order valence-corrected chi connectivity index (χ2v) is 9.06. The number of benzene rings is 2. The van der Waals surface area contributed by atoms with Gasteiger partial charge in [-0.1, -0.05) is 18.2 Å². The van der Waals surface area contributed by atoms with Gasteiger partial charge < -0.3 is 30.6 Å². The van der Waals surface area contributed by atoms with Crippen molar-refractivity contribution in [2.24, 2.45) is 5.73 Å². The number of carbonyl (C=O) groups is 3. The molecule has 0 aromatic heterocycles. The number of amides is 1. The van der Waals surface area contributed by atoms with Crippen LogP contribution in [0.25, 0.3) is 0 Å². The van der Waals surface area contributed by atoms with Crippen LogP contribution in [0.2, 0.25) is 0 Å². The number of allylic oxidation sites excluding steroid dienone is 1. The average molecular weight is 509 g/mol. The van der Waals surface area contributed by atoms with Crippen molar-refractivity contribution in [3.05, 3.63) is 71.1 Å². The molecule has 198 valence electrons. The number of nitrogens with one attached hydrogen (secondary N) is 2. The fraction of sp³-hybridized carbons (Fsp3) is 0.393. The van der Waals surface area contributed by atoms with Crippen LogP contribution >= 0.6 is 0 Å². The number of nitrogens with two attached hydrogens (primary N) is 1. The van der Waals surface area contributed by atoms with Crippen molar-refractivity contribution in [3.8, 4) is 5.75 Å². The van der Waals surface area contributed by atoms with Crippen LogP contribution in [0.3, 0.4) is 0 Å². The summed E-state index contributed by atoms with van der Waals surface area (Å²) in [6, 6.07) is 12.8. The number of aryl methyl sites for hydroxylation is 1. The van der Waals surface area contributed by atoms with E-state index in [-0.39, 0.29) is 18.4 Å². The van der Waals surface area contributed by atoms with Crippen LogP contribution in [0.5, 0.6) is 5.75 Å². The number of hydrogen-bond acceptors (Lipinski definition) is 8. The highest BCUT2D eigenvalue weighted by Gasteiger charge is 2.23. The summed E-state index contributed by atoms with van der Waals surface area (Å²) in [4.78, 5) is 36.9. The smallest absolute Gasteiger partial charge is 0.237 e. The second kappa shape index (κ2) is 14.2. The summed E-state index contributed by atoms with van der Waals surface area (Å²) >= 11 is 0. The minimum atomic E-state index is -0.476. The summed E-state index contributed by atoms with van der Waals surface area (Å²) in [6.45, 7) is 1.65. The molecular formula is C28H36N4O5. The molecule has 1 unspecified atom stereocenters. The Balaban J connectivity index is 1.62. The second-order valence-electron chi connectivity index (χ2n) is 9.06. The van der Waals surface area contributed by atoms with Crippen molar-refractivity contribution in [2.75, 3.05) is 32.6 Å². The quantitative estimate of drug-likeness (QED) is 0.314. The Hall–Kier alpha value is -3.69. The van der Waals surface area contributed by atoms with Crippen molar-refractivity contribution in [1.82, 2.24) is 10.2 Å². The lowest BCUT2D eigenvalue weighted by Gasteiger charge is -2.27. The normalized spacial score (nSPS) is 14.5. The van der Waals surface area contributed by atoms with Crippen molar-refractivity contribution in [2.45, 2.75) is 44.4 Å². The van der Waals surface area contributed by atoms with E-state index in [9.17, 15) is 14.4 Å². The summed E-state index contributed by atoms with van der Waals surface area (Å²) in [5.41, 5.74) is 10.2. The Morgan fingerprint density at radius 3 is 2.59 bits per heavy atom. The molecule has 4 N–H and O–H groups in total. The van der Waals surface area contributed by atoms with Crippen LogP contribution in [-0.4, -0.2) is 62.8 Å². The number of nitrogens with zero attached hydrogens (tertiary/aromatic N) is 1. The van der Waals surface area contributed by atoms with Crippen LogP contribution in [0.4, 0.5) is 5.69 Å². The number of rotatable bonds is 15. The lowest BCUT2D eigenvalue weighted by Crippen LogP contribution is -2.44. The van der Waals surface area contributed by atoms with Gasteiger partial charge in [0.25, 0.3) is 0 Å². The Kier molecular flexibility index (Phi) is 10.7. The monoisotopic (exact) mass is 508 g/mol. The van der Waals surface area contributed by atoms with E-state index in [2.05, 4.69) is 10.6 Å². The molecule has 2 aromatic carbocycles. The zero-order valence-electron chi connectivity index (χ0n) is 21.4. The van der Waals surface area contributed by atoms with Crippen molar-refractivity contribution in [3.63, 3.8) is 0 Å². The molecule has 3 rings (SSSR count). The van der Waals surface area contributed by atoms with Gasteiger partial charge in [0, 0.05) is 43.2 Å². The first kappa shape index (κ1) is 27.9. The molecule has 1 aliphatic heterocycles. The summed E-state index contributed by atoms with van der Waals surface area (Å²) in [7, 11) is 3.40. The summed E-state index contributed by atoms with van der Waals surface area (Å²) in [6.07, 6.45) is 5.44. The molecular weight excluding hydrogens is 472 g/mol. The molecule has 1 fully saturated rings. The standard InChI is InChI=1S/C28H36N4O5/c1-30-28(35)27(7-4-14-33)32(2)16-26-20(5-3-6-21(26)17-34)8-9-22(29)15-31-23-10-12-24(13-11-23)37-25-18-36-19-25/h3,5-6,10-15,17,25,27,31H,4,7-9,16,18-19,29H2,1-2H3,(H,30,35)/b22-15-. The SMILES string of the molecule is CNC(=O)C(CCC=O)N(C)Cc1c(C=O)cccc1CC/C(N)=C/Nc1ccc(OC2COC2)cc1. The molecule has 0 radical (unpaired) electrons. The zero-order chi connectivity index (χ0) is 26.6. The number of anilines is 1. The van der Waals surface area contributed by atoms with Gasteiger partial charge in [0.15, 0.2) is 0 Å². The number of ether oxygens (including phenoxy) is 2. The first-order valence-corrected chi connectivity index (χ1v) is 12.4. The summed E-state index contributed by atoms with van der Waals surface area (Å²) in [5, 5.41) is 5.87. The summed E-state index contributed by atoms with van der Waals surface area (Å²) in [5.74, 6) is 0.637. The van der Waals surface area contributed by atoms with Crippen molar-refractivity contribution in [1.29, 1.82) is 0 Å². The third kappa shape index (κ3) is 8.16. The van der Waals surface area contributed by atoms with Crippen LogP contribution in [-0.2, 0) is 27.3 Å². The Bertz CT molecular complexity index is 1080. The summed E-state index contributed by atoms with van der Waals surface area (Å²) < 4.78 is 10.9. The molecule has 9 nitrogen and oxygen atoms in total. The molecule has 0 aliphatic carbocycles. The molecule has 1 atom stereocenters. The number of aldehydes is 2. The molecule has 0 saturated carbocycles. The van der Waals surface area contributed by atoms with E-state index in [0.717, 1.165) is 35.1 Å². The van der Waals surface area contributed by atoms with Gasteiger partial charge in [-0.15, -0.1) is 0 Å². The van der Waals surface area contributed by atoms with Crippen LogP contribution in [0, 0.1) is 0 Å². The third-order valence-corrected chi connectivity index (χ3v) is 6.35. The zero-order valence-corrected chi connectivity index (χ0v) is 21.4. The Labute approximate surface area is 218 Å². The minimum Gasteiger partial charge on any atom is -0.486 e. The van der Waals surface area contributed by atoms with Gasteiger partial charge in [-0.25, -0.2) is 0 Å². The molecule has 2 aromatic rings. The van der Waals surface area contributed by atoms with Crippen LogP contribution < -0.4 is 21.1 Å². The minimum absolute atomic E-state index is 0.128. The fourth-order valence-electron chi connectivity index (χ4n) is 4.13. The fourth-order valence-corrected chi connectivity index (χ4v) is 4.13. The topological polar surface area (TPSA) is 123 Å². The van der Waals surface area contributed by atoms with E-state index < -0.39 is 6.04 Å². The van der Waals surface area contributed by atoms with Crippen molar-refractivity contribution >= 4 is 24.2 Å².